The molecule has 1 saturated heterocycles. The van der Waals surface area contributed by atoms with Gasteiger partial charge in [-0.2, -0.15) is 0 Å². The minimum absolute atomic E-state index is 0.189. The molecule has 0 amide bonds. The third kappa shape index (κ3) is 2.88. The summed E-state index contributed by atoms with van der Waals surface area (Å²) in [4.78, 5) is 2.23. The SMILES string of the molecule is COCCNc1c(F)cccc1N1CCCC1. The van der Waals surface area contributed by atoms with Gasteiger partial charge in [-0.15, -0.1) is 0 Å². The molecule has 1 N–H and O–H groups in total. The van der Waals surface area contributed by atoms with Crippen LogP contribution in [0, 0.1) is 5.82 Å². The summed E-state index contributed by atoms with van der Waals surface area (Å²) in [5.74, 6) is -0.189. The smallest absolute Gasteiger partial charge is 0.148 e. The Morgan fingerprint density at radius 2 is 2.12 bits per heavy atom. The minimum Gasteiger partial charge on any atom is -0.383 e. The molecular weight excluding hydrogens is 219 g/mol. The molecule has 0 unspecified atom stereocenters. The van der Waals surface area contributed by atoms with Crippen molar-refractivity contribution in [1.82, 2.24) is 0 Å². The molecule has 94 valence electrons. The zero-order valence-corrected chi connectivity index (χ0v) is 10.2. The Hall–Kier alpha value is -1.29. The van der Waals surface area contributed by atoms with Gasteiger partial charge in [0.2, 0.25) is 0 Å². The fourth-order valence-electron chi connectivity index (χ4n) is 2.19. The molecule has 4 heteroatoms. The van der Waals surface area contributed by atoms with Crippen LogP contribution >= 0.6 is 0 Å². The first kappa shape index (κ1) is 12.2. The highest BCUT2D eigenvalue weighted by Crippen LogP contribution is 2.30. The van der Waals surface area contributed by atoms with Gasteiger partial charge in [-0.05, 0) is 25.0 Å². The van der Waals surface area contributed by atoms with Crippen LogP contribution in [0.3, 0.4) is 0 Å². The second-order valence-electron chi connectivity index (χ2n) is 4.25. The molecule has 0 atom stereocenters. The summed E-state index contributed by atoms with van der Waals surface area (Å²) < 4.78 is 18.8. The summed E-state index contributed by atoms with van der Waals surface area (Å²) in [6.07, 6.45) is 2.38. The summed E-state index contributed by atoms with van der Waals surface area (Å²) >= 11 is 0. The van der Waals surface area contributed by atoms with Crippen molar-refractivity contribution >= 4 is 11.4 Å². The third-order valence-corrected chi connectivity index (χ3v) is 3.05. The van der Waals surface area contributed by atoms with Crippen LogP contribution in [0.5, 0.6) is 0 Å². The number of halogens is 1. The van der Waals surface area contributed by atoms with E-state index < -0.39 is 0 Å². The number of methoxy groups -OCH3 is 1. The Morgan fingerprint density at radius 3 is 2.82 bits per heavy atom. The first-order valence-electron chi connectivity index (χ1n) is 6.09. The van der Waals surface area contributed by atoms with Gasteiger partial charge >= 0.3 is 0 Å². The van der Waals surface area contributed by atoms with Gasteiger partial charge < -0.3 is 15.0 Å². The maximum absolute atomic E-state index is 13.8. The first-order valence-corrected chi connectivity index (χ1v) is 6.09. The third-order valence-electron chi connectivity index (χ3n) is 3.05. The van der Waals surface area contributed by atoms with E-state index in [4.69, 9.17) is 4.74 Å². The summed E-state index contributed by atoms with van der Waals surface area (Å²) in [5, 5.41) is 3.12. The van der Waals surface area contributed by atoms with Crippen LogP contribution in [0.1, 0.15) is 12.8 Å². The Kier molecular flexibility index (Phi) is 4.20. The normalized spacial score (nSPS) is 15.3. The lowest BCUT2D eigenvalue weighted by Crippen LogP contribution is -2.20. The number of rotatable bonds is 5. The van der Waals surface area contributed by atoms with Gasteiger partial charge in [0.15, 0.2) is 0 Å². The predicted octanol–water partition coefficient (Wildman–Crippen LogP) is 2.48. The van der Waals surface area contributed by atoms with Gasteiger partial charge in [-0.1, -0.05) is 6.07 Å². The molecule has 0 aliphatic carbocycles. The number of hydrogen-bond donors (Lipinski definition) is 1. The van der Waals surface area contributed by atoms with Crippen molar-refractivity contribution in [2.45, 2.75) is 12.8 Å². The van der Waals surface area contributed by atoms with Gasteiger partial charge in [0.1, 0.15) is 5.82 Å². The highest BCUT2D eigenvalue weighted by molar-refractivity contribution is 5.71. The molecule has 1 aliphatic heterocycles. The summed E-state index contributed by atoms with van der Waals surface area (Å²) in [6.45, 7) is 3.23. The second-order valence-corrected chi connectivity index (χ2v) is 4.25. The number of nitrogens with zero attached hydrogens (tertiary/aromatic N) is 1. The summed E-state index contributed by atoms with van der Waals surface area (Å²) in [6, 6.07) is 5.24. The number of para-hydroxylation sites is 1. The molecule has 0 radical (unpaired) electrons. The number of hydrogen-bond acceptors (Lipinski definition) is 3. The number of ether oxygens (including phenoxy) is 1. The largest absolute Gasteiger partial charge is 0.383 e. The van der Waals surface area contributed by atoms with Crippen LogP contribution in [0.4, 0.5) is 15.8 Å². The fourth-order valence-corrected chi connectivity index (χ4v) is 2.19. The van der Waals surface area contributed by atoms with Crippen LogP contribution in [0.25, 0.3) is 0 Å². The van der Waals surface area contributed by atoms with E-state index in [9.17, 15) is 4.39 Å². The summed E-state index contributed by atoms with van der Waals surface area (Å²) in [7, 11) is 1.64. The average molecular weight is 238 g/mol. The maximum Gasteiger partial charge on any atom is 0.148 e. The Bertz CT molecular complexity index is 364. The molecule has 0 saturated carbocycles. The van der Waals surface area contributed by atoms with E-state index in [0.29, 0.717) is 18.8 Å². The van der Waals surface area contributed by atoms with Gasteiger partial charge in [-0.25, -0.2) is 4.39 Å². The van der Waals surface area contributed by atoms with E-state index in [1.807, 2.05) is 6.07 Å². The van der Waals surface area contributed by atoms with E-state index in [2.05, 4.69) is 10.2 Å². The van der Waals surface area contributed by atoms with Crippen LogP contribution in [0.2, 0.25) is 0 Å². The molecule has 3 nitrogen and oxygen atoms in total. The first-order chi connectivity index (χ1) is 8.33. The number of nitrogens with one attached hydrogen (secondary N) is 1. The lowest BCUT2D eigenvalue weighted by Gasteiger charge is -2.22. The van der Waals surface area contributed by atoms with Crippen molar-refractivity contribution in [3.05, 3.63) is 24.0 Å². The molecule has 2 rings (SSSR count). The van der Waals surface area contributed by atoms with E-state index in [1.165, 1.54) is 18.9 Å². The van der Waals surface area contributed by atoms with Crippen LogP contribution < -0.4 is 10.2 Å². The molecule has 1 aromatic carbocycles. The zero-order chi connectivity index (χ0) is 12.1. The van der Waals surface area contributed by atoms with E-state index in [0.717, 1.165) is 18.8 Å². The number of anilines is 2. The van der Waals surface area contributed by atoms with Crippen molar-refractivity contribution < 1.29 is 9.13 Å². The predicted molar refractivity (Wildman–Crippen MR) is 68.2 cm³/mol. The maximum atomic E-state index is 13.8. The Labute approximate surface area is 102 Å². The van der Waals surface area contributed by atoms with Crippen LogP contribution in [-0.4, -0.2) is 33.4 Å². The fraction of sp³-hybridized carbons (Fsp3) is 0.538. The van der Waals surface area contributed by atoms with E-state index >= 15 is 0 Å². The molecule has 0 aromatic heterocycles. The van der Waals surface area contributed by atoms with Gasteiger partial charge in [0.05, 0.1) is 18.0 Å². The van der Waals surface area contributed by atoms with Crippen molar-refractivity contribution in [2.24, 2.45) is 0 Å². The highest BCUT2D eigenvalue weighted by Gasteiger charge is 2.17. The molecule has 1 fully saturated rings. The molecule has 1 heterocycles. The van der Waals surface area contributed by atoms with E-state index in [-0.39, 0.29) is 5.82 Å². The lowest BCUT2D eigenvalue weighted by molar-refractivity contribution is 0.210. The molecule has 1 aromatic rings. The zero-order valence-electron chi connectivity index (χ0n) is 10.2. The lowest BCUT2D eigenvalue weighted by atomic mass is 10.2. The molecule has 0 spiro atoms. The van der Waals surface area contributed by atoms with Crippen LogP contribution in [-0.2, 0) is 4.74 Å². The molecule has 0 bridgehead atoms. The highest BCUT2D eigenvalue weighted by atomic mass is 19.1. The Balaban J connectivity index is 2.15. The average Bonchev–Trinajstić information content (AvgIpc) is 2.85. The molecule has 1 aliphatic rings. The van der Waals surface area contributed by atoms with Crippen molar-refractivity contribution in [3.63, 3.8) is 0 Å². The van der Waals surface area contributed by atoms with Gasteiger partial charge in [-0.3, -0.25) is 0 Å². The quantitative estimate of drug-likeness (QED) is 0.798. The number of benzene rings is 1. The van der Waals surface area contributed by atoms with Crippen LogP contribution in [0.15, 0.2) is 18.2 Å². The molecular formula is C13H19FN2O. The van der Waals surface area contributed by atoms with Crippen molar-refractivity contribution in [1.29, 1.82) is 0 Å². The minimum atomic E-state index is -0.189. The molecule has 17 heavy (non-hydrogen) atoms. The Morgan fingerprint density at radius 1 is 1.35 bits per heavy atom. The monoisotopic (exact) mass is 238 g/mol. The van der Waals surface area contributed by atoms with Crippen molar-refractivity contribution in [3.8, 4) is 0 Å². The second kappa shape index (κ2) is 5.87. The van der Waals surface area contributed by atoms with Gasteiger partial charge in [0.25, 0.3) is 0 Å². The topological polar surface area (TPSA) is 24.5 Å². The van der Waals surface area contributed by atoms with E-state index in [1.54, 1.807) is 13.2 Å². The standard InChI is InChI=1S/C13H19FN2O/c1-17-10-7-15-13-11(14)5-4-6-12(13)16-8-2-3-9-16/h4-6,15H,2-3,7-10H2,1H3. The summed E-state index contributed by atoms with van der Waals surface area (Å²) in [5.41, 5.74) is 1.57. The van der Waals surface area contributed by atoms with Gasteiger partial charge in [0, 0.05) is 26.7 Å². The van der Waals surface area contributed by atoms with Crippen molar-refractivity contribution in [2.75, 3.05) is 43.6 Å².